The smallest absolute Gasteiger partial charge is 0.267 e. The third kappa shape index (κ3) is 3.44. The summed E-state index contributed by atoms with van der Waals surface area (Å²) in [5.74, 6) is 0.533. The van der Waals surface area contributed by atoms with Crippen LogP contribution in [0.15, 0.2) is 42.5 Å². The Balaban J connectivity index is 1.76. The number of halogens is 2. The van der Waals surface area contributed by atoms with Gasteiger partial charge < -0.3 is 15.0 Å². The fraction of sp³-hybridized carbons (Fsp3) is 0.118. The highest BCUT2D eigenvalue weighted by atomic mass is 35.5. The van der Waals surface area contributed by atoms with E-state index in [1.165, 1.54) is 0 Å². The SMILES string of the molecule is COc1ccc2[nH]c(C(=O)NCc3cc(Cl)ccc3Cl)cc2c1. The van der Waals surface area contributed by atoms with Crippen molar-refractivity contribution in [3.8, 4) is 5.75 Å². The van der Waals surface area contributed by atoms with Gasteiger partial charge in [0, 0.05) is 27.5 Å². The molecule has 3 aromatic rings. The van der Waals surface area contributed by atoms with Crippen LogP contribution in [0.1, 0.15) is 16.1 Å². The van der Waals surface area contributed by atoms with Gasteiger partial charge in [-0.15, -0.1) is 0 Å². The number of carbonyl (C=O) groups is 1. The molecule has 118 valence electrons. The molecular weight excluding hydrogens is 335 g/mol. The largest absolute Gasteiger partial charge is 0.497 e. The zero-order valence-electron chi connectivity index (χ0n) is 12.3. The van der Waals surface area contributed by atoms with E-state index in [1.54, 1.807) is 31.4 Å². The molecule has 2 N–H and O–H groups in total. The zero-order chi connectivity index (χ0) is 16.4. The van der Waals surface area contributed by atoms with Crippen molar-refractivity contribution in [2.75, 3.05) is 7.11 Å². The summed E-state index contributed by atoms with van der Waals surface area (Å²) in [6.07, 6.45) is 0. The Kier molecular flexibility index (Phi) is 4.46. The van der Waals surface area contributed by atoms with Gasteiger partial charge in [-0.2, -0.15) is 0 Å². The van der Waals surface area contributed by atoms with Gasteiger partial charge in [-0.05, 0) is 48.0 Å². The lowest BCUT2D eigenvalue weighted by Crippen LogP contribution is -2.23. The lowest BCUT2D eigenvalue weighted by Gasteiger charge is -2.06. The van der Waals surface area contributed by atoms with Crippen molar-refractivity contribution in [3.63, 3.8) is 0 Å². The third-order valence-corrected chi connectivity index (χ3v) is 4.12. The van der Waals surface area contributed by atoms with Crippen molar-refractivity contribution in [1.29, 1.82) is 0 Å². The Labute approximate surface area is 143 Å². The molecule has 0 bridgehead atoms. The standard InChI is InChI=1S/C17H14Cl2N2O2/c1-23-13-3-5-15-10(7-13)8-16(21-15)17(22)20-9-11-6-12(18)2-4-14(11)19/h2-8,21H,9H2,1H3,(H,20,22). The van der Waals surface area contributed by atoms with Crippen molar-refractivity contribution in [1.82, 2.24) is 10.3 Å². The molecule has 1 aromatic heterocycles. The van der Waals surface area contributed by atoms with E-state index in [9.17, 15) is 4.79 Å². The van der Waals surface area contributed by atoms with E-state index in [-0.39, 0.29) is 5.91 Å². The first kappa shape index (κ1) is 15.7. The first-order chi connectivity index (χ1) is 11.1. The van der Waals surface area contributed by atoms with Crippen LogP contribution >= 0.6 is 23.2 Å². The number of hydrogen-bond acceptors (Lipinski definition) is 2. The van der Waals surface area contributed by atoms with E-state index in [2.05, 4.69) is 10.3 Å². The Morgan fingerprint density at radius 3 is 2.78 bits per heavy atom. The molecule has 0 aliphatic carbocycles. The van der Waals surface area contributed by atoms with Crippen molar-refractivity contribution in [3.05, 3.63) is 63.8 Å². The summed E-state index contributed by atoms with van der Waals surface area (Å²) >= 11 is 12.0. The molecule has 0 fully saturated rings. The van der Waals surface area contributed by atoms with Gasteiger partial charge >= 0.3 is 0 Å². The Morgan fingerprint density at radius 2 is 2.00 bits per heavy atom. The minimum atomic E-state index is -0.212. The Hall–Kier alpha value is -2.17. The Bertz CT molecular complexity index is 874. The summed E-state index contributed by atoms with van der Waals surface area (Å²) in [5.41, 5.74) is 2.12. The van der Waals surface area contributed by atoms with Gasteiger partial charge in [0.05, 0.1) is 7.11 Å². The zero-order valence-corrected chi connectivity index (χ0v) is 13.8. The highest BCUT2D eigenvalue weighted by molar-refractivity contribution is 6.33. The fourth-order valence-electron chi connectivity index (χ4n) is 2.31. The first-order valence-corrected chi connectivity index (χ1v) is 7.71. The van der Waals surface area contributed by atoms with E-state index >= 15 is 0 Å². The predicted octanol–water partition coefficient (Wildman–Crippen LogP) is 4.41. The molecule has 0 radical (unpaired) electrons. The number of nitrogens with one attached hydrogen (secondary N) is 2. The van der Waals surface area contributed by atoms with Crippen LogP contribution in [0.25, 0.3) is 10.9 Å². The van der Waals surface area contributed by atoms with E-state index in [1.807, 2.05) is 18.2 Å². The molecule has 23 heavy (non-hydrogen) atoms. The molecule has 6 heteroatoms. The summed E-state index contributed by atoms with van der Waals surface area (Å²) < 4.78 is 5.18. The van der Waals surface area contributed by atoms with E-state index in [0.717, 1.165) is 22.2 Å². The highest BCUT2D eigenvalue weighted by Crippen LogP contribution is 2.22. The summed E-state index contributed by atoms with van der Waals surface area (Å²) in [6, 6.07) is 12.5. The van der Waals surface area contributed by atoms with E-state index in [0.29, 0.717) is 22.3 Å². The summed E-state index contributed by atoms with van der Waals surface area (Å²) in [5, 5.41) is 4.89. The van der Waals surface area contributed by atoms with Crippen LogP contribution in [-0.4, -0.2) is 18.0 Å². The number of hydrogen-bond donors (Lipinski definition) is 2. The predicted molar refractivity (Wildman–Crippen MR) is 92.5 cm³/mol. The topological polar surface area (TPSA) is 54.1 Å². The molecule has 0 aliphatic rings. The van der Waals surface area contributed by atoms with Gasteiger partial charge in [0.2, 0.25) is 0 Å². The number of benzene rings is 2. The van der Waals surface area contributed by atoms with Crippen LogP contribution < -0.4 is 10.1 Å². The number of aromatic nitrogens is 1. The lowest BCUT2D eigenvalue weighted by atomic mass is 10.2. The highest BCUT2D eigenvalue weighted by Gasteiger charge is 2.11. The molecule has 0 saturated carbocycles. The minimum Gasteiger partial charge on any atom is -0.497 e. The number of rotatable bonds is 4. The maximum Gasteiger partial charge on any atom is 0.267 e. The summed E-state index contributed by atoms with van der Waals surface area (Å²) in [6.45, 7) is 0.302. The van der Waals surface area contributed by atoms with Crippen LogP contribution in [0.2, 0.25) is 10.0 Å². The van der Waals surface area contributed by atoms with Gasteiger partial charge in [-0.1, -0.05) is 23.2 Å². The van der Waals surface area contributed by atoms with Crippen LogP contribution in [0, 0.1) is 0 Å². The normalized spacial score (nSPS) is 10.7. The second kappa shape index (κ2) is 6.52. The van der Waals surface area contributed by atoms with Gasteiger partial charge in [-0.25, -0.2) is 0 Å². The van der Waals surface area contributed by atoms with Crippen LogP contribution in [0.4, 0.5) is 0 Å². The van der Waals surface area contributed by atoms with E-state index < -0.39 is 0 Å². The molecule has 3 rings (SSSR count). The molecule has 0 saturated heterocycles. The van der Waals surface area contributed by atoms with Crippen molar-refractivity contribution >= 4 is 40.0 Å². The van der Waals surface area contributed by atoms with Gasteiger partial charge in [0.25, 0.3) is 5.91 Å². The maximum atomic E-state index is 12.3. The van der Waals surface area contributed by atoms with Gasteiger partial charge in [-0.3, -0.25) is 4.79 Å². The average molecular weight is 349 g/mol. The molecule has 2 aromatic carbocycles. The number of carbonyl (C=O) groups excluding carboxylic acids is 1. The molecule has 0 spiro atoms. The van der Waals surface area contributed by atoms with E-state index in [4.69, 9.17) is 27.9 Å². The third-order valence-electron chi connectivity index (χ3n) is 3.52. The average Bonchev–Trinajstić information content (AvgIpc) is 2.98. The number of fused-ring (bicyclic) bond motifs is 1. The van der Waals surface area contributed by atoms with Gasteiger partial charge in [0.1, 0.15) is 11.4 Å². The second-order valence-electron chi connectivity index (χ2n) is 5.05. The number of aromatic amines is 1. The van der Waals surface area contributed by atoms with Crippen LogP contribution in [0.3, 0.4) is 0 Å². The molecule has 1 heterocycles. The van der Waals surface area contributed by atoms with Crippen molar-refractivity contribution in [2.24, 2.45) is 0 Å². The molecule has 0 atom stereocenters. The quantitative estimate of drug-likeness (QED) is 0.733. The number of H-pyrrole nitrogens is 1. The van der Waals surface area contributed by atoms with Gasteiger partial charge in [0.15, 0.2) is 0 Å². The minimum absolute atomic E-state index is 0.212. The van der Waals surface area contributed by atoms with Crippen molar-refractivity contribution in [2.45, 2.75) is 6.54 Å². The number of methoxy groups -OCH3 is 1. The van der Waals surface area contributed by atoms with Crippen LogP contribution in [-0.2, 0) is 6.54 Å². The molecule has 0 aliphatic heterocycles. The second-order valence-corrected chi connectivity index (χ2v) is 5.90. The number of ether oxygens (including phenoxy) is 1. The number of amides is 1. The first-order valence-electron chi connectivity index (χ1n) is 6.95. The molecule has 4 nitrogen and oxygen atoms in total. The molecule has 1 amide bonds. The monoisotopic (exact) mass is 348 g/mol. The summed E-state index contributed by atoms with van der Waals surface area (Å²) in [4.78, 5) is 15.4. The van der Waals surface area contributed by atoms with Crippen molar-refractivity contribution < 1.29 is 9.53 Å². The molecule has 0 unspecified atom stereocenters. The summed E-state index contributed by atoms with van der Waals surface area (Å²) in [7, 11) is 1.61. The maximum absolute atomic E-state index is 12.3. The molecular formula is C17H14Cl2N2O2. The lowest BCUT2D eigenvalue weighted by molar-refractivity contribution is 0.0947. The Morgan fingerprint density at radius 1 is 1.17 bits per heavy atom. The van der Waals surface area contributed by atoms with Crippen LogP contribution in [0.5, 0.6) is 5.75 Å². The fourth-order valence-corrected chi connectivity index (χ4v) is 2.69.